The van der Waals surface area contributed by atoms with E-state index in [2.05, 4.69) is 21.1 Å². The van der Waals surface area contributed by atoms with Gasteiger partial charge in [0.2, 0.25) is 0 Å². The van der Waals surface area contributed by atoms with E-state index in [1.165, 1.54) is 26.4 Å². The number of benzene rings is 2. The topological polar surface area (TPSA) is 91.1 Å². The second-order valence-electron chi connectivity index (χ2n) is 5.08. The lowest BCUT2D eigenvalue weighted by molar-refractivity contribution is -0.294. The number of ether oxygens (including phenoxy) is 1. The first-order chi connectivity index (χ1) is 12.5. The van der Waals surface area contributed by atoms with Crippen LogP contribution in [0, 0.1) is 0 Å². The molecule has 3 rings (SSSR count). The van der Waals surface area contributed by atoms with Gasteiger partial charge in [0.25, 0.3) is 10.0 Å². The third-order valence-corrected chi connectivity index (χ3v) is 5.46. The minimum Gasteiger partial charge on any atom is -0.496 e. The molecule has 0 bridgehead atoms. The van der Waals surface area contributed by atoms with Crippen molar-refractivity contribution in [3.8, 4) is 5.75 Å². The molecule has 138 valence electrons. The Hall–Kier alpha value is -1.98. The SMILES string of the molecule is COc1cc(Br)cc2onc(CON(OC)S(=O)(=O)c3ccccc3)c12. The van der Waals surface area contributed by atoms with Gasteiger partial charge in [-0.25, -0.2) is 8.42 Å². The van der Waals surface area contributed by atoms with Gasteiger partial charge in [0, 0.05) is 4.47 Å². The number of halogens is 1. The van der Waals surface area contributed by atoms with Crippen LogP contribution in [0.2, 0.25) is 0 Å². The average Bonchev–Trinajstić information content (AvgIpc) is 3.05. The lowest BCUT2D eigenvalue weighted by Crippen LogP contribution is -2.30. The summed E-state index contributed by atoms with van der Waals surface area (Å²) in [7, 11) is -1.28. The highest BCUT2D eigenvalue weighted by Crippen LogP contribution is 2.33. The van der Waals surface area contributed by atoms with E-state index < -0.39 is 10.0 Å². The minimum atomic E-state index is -3.99. The number of hydrogen-bond acceptors (Lipinski definition) is 7. The van der Waals surface area contributed by atoms with Gasteiger partial charge in [0.1, 0.15) is 18.1 Å². The molecule has 8 nitrogen and oxygen atoms in total. The Morgan fingerprint density at radius 1 is 1.19 bits per heavy atom. The van der Waals surface area contributed by atoms with Crippen molar-refractivity contribution in [2.75, 3.05) is 14.2 Å². The van der Waals surface area contributed by atoms with Gasteiger partial charge >= 0.3 is 0 Å². The van der Waals surface area contributed by atoms with E-state index in [9.17, 15) is 8.42 Å². The van der Waals surface area contributed by atoms with Crippen LogP contribution in [-0.2, 0) is 26.3 Å². The van der Waals surface area contributed by atoms with Gasteiger partial charge in [-0.05, 0) is 24.3 Å². The van der Waals surface area contributed by atoms with Crippen molar-refractivity contribution in [3.05, 3.63) is 52.6 Å². The summed E-state index contributed by atoms with van der Waals surface area (Å²) in [6.45, 7) is -0.203. The van der Waals surface area contributed by atoms with E-state index in [1.54, 1.807) is 30.3 Å². The van der Waals surface area contributed by atoms with Crippen LogP contribution in [0.5, 0.6) is 5.75 Å². The number of fused-ring (bicyclic) bond motifs is 1. The van der Waals surface area contributed by atoms with Crippen LogP contribution in [0.1, 0.15) is 5.69 Å². The zero-order chi connectivity index (χ0) is 18.7. The molecule has 3 aromatic rings. The quantitative estimate of drug-likeness (QED) is 0.518. The van der Waals surface area contributed by atoms with Gasteiger partial charge in [0.15, 0.2) is 5.58 Å². The zero-order valence-corrected chi connectivity index (χ0v) is 16.3. The van der Waals surface area contributed by atoms with Gasteiger partial charge in [-0.15, -0.1) is 0 Å². The summed E-state index contributed by atoms with van der Waals surface area (Å²) in [5, 5.41) is 4.52. The molecule has 2 aromatic carbocycles. The molecule has 0 atom stereocenters. The molecule has 0 aliphatic carbocycles. The summed E-state index contributed by atoms with van der Waals surface area (Å²) in [6, 6.07) is 11.3. The van der Waals surface area contributed by atoms with Crippen molar-refractivity contribution >= 4 is 36.9 Å². The maximum absolute atomic E-state index is 12.6. The third-order valence-electron chi connectivity index (χ3n) is 3.49. The Morgan fingerprint density at radius 2 is 1.92 bits per heavy atom. The Kier molecular flexibility index (Phi) is 5.58. The normalized spacial score (nSPS) is 12.0. The van der Waals surface area contributed by atoms with Crippen molar-refractivity contribution in [3.63, 3.8) is 0 Å². The fraction of sp³-hybridized carbons (Fsp3) is 0.188. The number of nitrogens with zero attached hydrogens (tertiary/aromatic N) is 2. The van der Waals surface area contributed by atoms with Crippen molar-refractivity contribution < 1.29 is 27.4 Å². The smallest absolute Gasteiger partial charge is 0.288 e. The molecule has 1 aromatic heterocycles. The number of methoxy groups -OCH3 is 1. The fourth-order valence-electron chi connectivity index (χ4n) is 2.34. The molecular formula is C16H15BrN2O6S. The summed E-state index contributed by atoms with van der Waals surface area (Å²) in [5.41, 5.74) is 0.847. The van der Waals surface area contributed by atoms with Crippen molar-refractivity contribution in [2.24, 2.45) is 0 Å². The minimum absolute atomic E-state index is 0.0355. The fourth-order valence-corrected chi connectivity index (χ4v) is 3.81. The van der Waals surface area contributed by atoms with Crippen LogP contribution in [0.25, 0.3) is 11.0 Å². The number of sulfonamides is 1. The molecule has 0 saturated heterocycles. The zero-order valence-electron chi connectivity index (χ0n) is 13.9. The molecule has 0 saturated carbocycles. The molecule has 0 radical (unpaired) electrons. The first kappa shape index (κ1) is 18.8. The Morgan fingerprint density at radius 3 is 2.58 bits per heavy atom. The average molecular weight is 443 g/mol. The van der Waals surface area contributed by atoms with Crippen LogP contribution < -0.4 is 4.74 Å². The Bertz CT molecular complexity index is 1010. The van der Waals surface area contributed by atoms with E-state index in [1.807, 2.05) is 0 Å². The van der Waals surface area contributed by atoms with Crippen LogP contribution in [0.3, 0.4) is 0 Å². The van der Waals surface area contributed by atoms with Crippen LogP contribution in [-0.4, -0.2) is 32.4 Å². The van der Waals surface area contributed by atoms with Gasteiger partial charge in [-0.3, -0.25) is 9.68 Å². The first-order valence-corrected chi connectivity index (χ1v) is 9.60. The van der Waals surface area contributed by atoms with Crippen LogP contribution in [0.15, 0.2) is 56.4 Å². The molecule has 0 N–H and O–H groups in total. The van der Waals surface area contributed by atoms with E-state index in [4.69, 9.17) is 18.9 Å². The standard InChI is InChI=1S/C16H15BrN2O6S/c1-22-14-8-11(17)9-15-16(14)13(18-25-15)10-24-19(23-2)26(20,21)12-6-4-3-5-7-12/h3-9H,10H2,1-2H3. The summed E-state index contributed by atoms with van der Waals surface area (Å²) < 4.78 is 36.9. The molecule has 10 heteroatoms. The predicted octanol–water partition coefficient (Wildman–Crippen LogP) is 3.28. The second kappa shape index (κ2) is 7.72. The van der Waals surface area contributed by atoms with Crippen molar-refractivity contribution in [1.29, 1.82) is 0 Å². The third kappa shape index (κ3) is 3.60. The van der Waals surface area contributed by atoms with E-state index >= 15 is 0 Å². The largest absolute Gasteiger partial charge is 0.496 e. The highest BCUT2D eigenvalue weighted by atomic mass is 79.9. The summed E-state index contributed by atoms with van der Waals surface area (Å²) in [6.07, 6.45) is 0. The van der Waals surface area contributed by atoms with E-state index in [-0.39, 0.29) is 11.5 Å². The van der Waals surface area contributed by atoms with Gasteiger partial charge in [0.05, 0.1) is 29.1 Å². The molecule has 0 unspecified atom stereocenters. The maximum Gasteiger partial charge on any atom is 0.288 e. The first-order valence-electron chi connectivity index (χ1n) is 7.36. The van der Waals surface area contributed by atoms with Gasteiger partial charge in [-0.2, -0.15) is 0 Å². The number of aromatic nitrogens is 1. The van der Waals surface area contributed by atoms with E-state index in [0.717, 1.165) is 4.47 Å². The molecule has 0 fully saturated rings. The summed E-state index contributed by atoms with van der Waals surface area (Å²) in [4.78, 5) is 10.2. The molecule has 0 amide bonds. The van der Waals surface area contributed by atoms with E-state index in [0.29, 0.717) is 27.0 Å². The summed E-state index contributed by atoms with van der Waals surface area (Å²) in [5.74, 6) is 0.518. The van der Waals surface area contributed by atoms with Gasteiger partial charge < -0.3 is 9.26 Å². The molecular weight excluding hydrogens is 428 g/mol. The number of rotatable bonds is 7. The van der Waals surface area contributed by atoms with Gasteiger partial charge in [-0.1, -0.05) is 39.3 Å². The van der Waals surface area contributed by atoms with Crippen molar-refractivity contribution in [2.45, 2.75) is 11.5 Å². The maximum atomic E-state index is 12.6. The second-order valence-corrected chi connectivity index (χ2v) is 7.71. The number of hydrogen-bond donors (Lipinski definition) is 0. The predicted molar refractivity (Wildman–Crippen MR) is 95.5 cm³/mol. The Labute approximate surface area is 158 Å². The lowest BCUT2D eigenvalue weighted by atomic mass is 10.2. The molecule has 0 aliphatic heterocycles. The molecule has 26 heavy (non-hydrogen) atoms. The van der Waals surface area contributed by atoms with Crippen molar-refractivity contribution in [1.82, 2.24) is 9.79 Å². The molecule has 0 aliphatic rings. The lowest BCUT2D eigenvalue weighted by Gasteiger charge is -2.17. The Balaban J connectivity index is 1.87. The van der Waals surface area contributed by atoms with Crippen LogP contribution >= 0.6 is 15.9 Å². The summed E-state index contributed by atoms with van der Waals surface area (Å²) >= 11 is 3.35. The highest BCUT2D eigenvalue weighted by molar-refractivity contribution is 9.10. The highest BCUT2D eigenvalue weighted by Gasteiger charge is 2.27. The molecule has 0 spiro atoms. The molecule has 1 heterocycles. The van der Waals surface area contributed by atoms with Crippen LogP contribution in [0.4, 0.5) is 0 Å². The monoisotopic (exact) mass is 442 g/mol.